The maximum atomic E-state index is 15.4. The SMILES string of the molecule is Cn1cc(C(=O)O)c(=O)c2c3cc(N4CCC(O)(c5ccc(F)cc5)CC4)c(Cl)c(F)c3ncc21. The van der Waals surface area contributed by atoms with E-state index in [-0.39, 0.29) is 34.2 Å². The molecule has 7 nitrogen and oxygen atoms in total. The van der Waals surface area contributed by atoms with Crippen molar-refractivity contribution < 1.29 is 23.8 Å². The number of nitrogens with zero attached hydrogens (tertiary/aromatic N) is 3. The first kappa shape index (κ1) is 23.2. The van der Waals surface area contributed by atoms with Crippen molar-refractivity contribution in [3.05, 3.63) is 80.7 Å². The number of hydrogen-bond acceptors (Lipinski definition) is 5. The predicted molar refractivity (Wildman–Crippen MR) is 128 cm³/mol. The summed E-state index contributed by atoms with van der Waals surface area (Å²) in [6.07, 6.45) is 3.09. The summed E-state index contributed by atoms with van der Waals surface area (Å²) in [4.78, 5) is 30.6. The van der Waals surface area contributed by atoms with Crippen molar-refractivity contribution in [3.63, 3.8) is 0 Å². The van der Waals surface area contributed by atoms with E-state index >= 15 is 4.39 Å². The molecule has 4 aromatic rings. The number of aromatic nitrogens is 2. The second-order valence-corrected chi connectivity index (χ2v) is 9.13. The highest BCUT2D eigenvalue weighted by atomic mass is 35.5. The molecular weight excluding hydrogens is 480 g/mol. The van der Waals surface area contributed by atoms with Crippen molar-refractivity contribution in [2.24, 2.45) is 7.05 Å². The first-order chi connectivity index (χ1) is 16.6. The molecular formula is C25H20ClF2N3O4. The molecule has 0 amide bonds. The zero-order chi connectivity index (χ0) is 25.1. The van der Waals surface area contributed by atoms with Gasteiger partial charge in [0.1, 0.15) is 21.9 Å². The number of aromatic carboxylic acids is 1. The second-order valence-electron chi connectivity index (χ2n) is 8.75. The minimum absolute atomic E-state index is 0.0362. The summed E-state index contributed by atoms with van der Waals surface area (Å²) in [7, 11) is 1.58. The molecule has 2 aromatic carbocycles. The lowest BCUT2D eigenvalue weighted by Gasteiger charge is -2.40. The van der Waals surface area contributed by atoms with Crippen LogP contribution in [0.15, 0.2) is 47.5 Å². The van der Waals surface area contributed by atoms with E-state index in [0.717, 1.165) is 0 Å². The molecule has 0 radical (unpaired) electrons. The van der Waals surface area contributed by atoms with E-state index in [1.807, 2.05) is 0 Å². The molecule has 0 spiro atoms. The molecule has 1 saturated heterocycles. The summed E-state index contributed by atoms with van der Waals surface area (Å²) in [6, 6.07) is 7.21. The van der Waals surface area contributed by atoms with Crippen LogP contribution in [-0.4, -0.2) is 38.8 Å². The van der Waals surface area contributed by atoms with Gasteiger partial charge in [0.25, 0.3) is 0 Å². The molecule has 1 fully saturated rings. The van der Waals surface area contributed by atoms with Crippen LogP contribution in [0.2, 0.25) is 5.02 Å². The third-order valence-electron chi connectivity index (χ3n) is 6.72. The minimum Gasteiger partial charge on any atom is -0.477 e. The van der Waals surface area contributed by atoms with Gasteiger partial charge in [0.2, 0.25) is 5.43 Å². The zero-order valence-corrected chi connectivity index (χ0v) is 19.3. The number of hydrogen-bond donors (Lipinski definition) is 2. The number of pyridine rings is 2. The van der Waals surface area contributed by atoms with E-state index in [0.29, 0.717) is 29.9 Å². The van der Waals surface area contributed by atoms with Gasteiger partial charge in [0.15, 0.2) is 5.82 Å². The highest BCUT2D eigenvalue weighted by Gasteiger charge is 2.35. The van der Waals surface area contributed by atoms with Gasteiger partial charge in [-0.15, -0.1) is 0 Å². The minimum atomic E-state index is -1.39. The number of fused-ring (bicyclic) bond motifs is 3. The number of carboxylic acids is 1. The fourth-order valence-electron chi connectivity index (χ4n) is 4.76. The Balaban J connectivity index is 1.62. The molecule has 0 aliphatic carbocycles. The summed E-state index contributed by atoms with van der Waals surface area (Å²) in [5.41, 5.74) is -1.23. The Hall–Kier alpha value is -3.56. The van der Waals surface area contributed by atoms with Gasteiger partial charge in [0.05, 0.1) is 28.4 Å². The van der Waals surface area contributed by atoms with Gasteiger partial charge >= 0.3 is 5.97 Å². The van der Waals surface area contributed by atoms with Crippen LogP contribution in [0, 0.1) is 11.6 Å². The van der Waals surface area contributed by atoms with Crippen LogP contribution in [0.3, 0.4) is 0 Å². The summed E-state index contributed by atoms with van der Waals surface area (Å²) in [6.45, 7) is 0.629. The van der Waals surface area contributed by atoms with Gasteiger partial charge < -0.3 is 19.7 Å². The van der Waals surface area contributed by atoms with Crippen molar-refractivity contribution >= 4 is 45.1 Å². The van der Waals surface area contributed by atoms with Crippen LogP contribution in [0.25, 0.3) is 21.8 Å². The maximum absolute atomic E-state index is 15.4. The number of rotatable bonds is 3. The Bertz CT molecular complexity index is 1560. The summed E-state index contributed by atoms with van der Waals surface area (Å²) >= 11 is 6.38. The summed E-state index contributed by atoms with van der Waals surface area (Å²) in [5.74, 6) is -2.60. The monoisotopic (exact) mass is 499 g/mol. The average molecular weight is 500 g/mol. The molecule has 180 valence electrons. The van der Waals surface area contributed by atoms with Gasteiger partial charge in [0, 0.05) is 31.7 Å². The fraction of sp³-hybridized carbons (Fsp3) is 0.240. The third-order valence-corrected chi connectivity index (χ3v) is 7.08. The van der Waals surface area contributed by atoms with Crippen molar-refractivity contribution in [1.29, 1.82) is 0 Å². The molecule has 1 aliphatic rings. The van der Waals surface area contributed by atoms with E-state index < -0.39 is 34.2 Å². The first-order valence-corrected chi connectivity index (χ1v) is 11.3. The Morgan fingerprint density at radius 2 is 1.83 bits per heavy atom. The molecule has 0 atom stereocenters. The number of benzene rings is 2. The van der Waals surface area contributed by atoms with Crippen molar-refractivity contribution in [1.82, 2.24) is 9.55 Å². The van der Waals surface area contributed by atoms with Gasteiger partial charge in [-0.25, -0.2) is 13.6 Å². The van der Waals surface area contributed by atoms with Crippen molar-refractivity contribution in [2.75, 3.05) is 18.0 Å². The van der Waals surface area contributed by atoms with E-state index in [1.54, 1.807) is 30.1 Å². The molecule has 0 unspecified atom stereocenters. The Morgan fingerprint density at radius 1 is 1.17 bits per heavy atom. The molecule has 3 heterocycles. The molecule has 5 rings (SSSR count). The van der Waals surface area contributed by atoms with E-state index in [4.69, 9.17) is 11.6 Å². The third kappa shape index (κ3) is 3.71. The summed E-state index contributed by atoms with van der Waals surface area (Å²) < 4.78 is 30.1. The zero-order valence-electron chi connectivity index (χ0n) is 18.6. The first-order valence-electron chi connectivity index (χ1n) is 10.9. The molecule has 35 heavy (non-hydrogen) atoms. The highest BCUT2D eigenvalue weighted by molar-refractivity contribution is 6.34. The van der Waals surface area contributed by atoms with Gasteiger partial charge in [-0.3, -0.25) is 9.78 Å². The number of aryl methyl sites for hydroxylation is 1. The van der Waals surface area contributed by atoms with Crippen LogP contribution in [0.5, 0.6) is 0 Å². The van der Waals surface area contributed by atoms with Crippen LogP contribution >= 0.6 is 11.6 Å². The van der Waals surface area contributed by atoms with Crippen LogP contribution in [0.1, 0.15) is 28.8 Å². The lowest BCUT2D eigenvalue weighted by molar-refractivity contribution is 0.0117. The molecule has 1 aliphatic heterocycles. The lowest BCUT2D eigenvalue weighted by atomic mass is 9.84. The van der Waals surface area contributed by atoms with Gasteiger partial charge in [-0.05, 0) is 36.6 Å². The normalized spacial score (nSPS) is 15.6. The number of aliphatic hydroxyl groups is 1. The fourth-order valence-corrected chi connectivity index (χ4v) is 5.02. The summed E-state index contributed by atoms with van der Waals surface area (Å²) in [5, 5.41) is 20.6. The van der Waals surface area contributed by atoms with Crippen LogP contribution < -0.4 is 10.3 Å². The predicted octanol–water partition coefficient (Wildman–Crippen LogP) is 4.20. The standard InChI is InChI=1S/C25H20ClF2N3O4/c1-30-12-16(24(33)34)23(32)19-15-10-17(20(26)21(28)22(15)29-11-18(19)30)31-8-6-25(35,7-9-31)13-2-4-14(27)5-3-13/h2-5,10-12,35H,6-9H2,1H3,(H,33,34). The smallest absolute Gasteiger partial charge is 0.341 e. The van der Waals surface area contributed by atoms with Gasteiger partial charge in [-0.2, -0.15) is 0 Å². The van der Waals surface area contributed by atoms with Gasteiger partial charge in [-0.1, -0.05) is 23.7 Å². The second kappa shape index (κ2) is 8.28. The Kier molecular flexibility index (Phi) is 5.49. The van der Waals surface area contributed by atoms with Crippen LogP contribution in [-0.2, 0) is 12.6 Å². The quantitative estimate of drug-likeness (QED) is 0.410. The maximum Gasteiger partial charge on any atom is 0.341 e. The van der Waals surface area contributed by atoms with Crippen molar-refractivity contribution in [3.8, 4) is 0 Å². The average Bonchev–Trinajstić information content (AvgIpc) is 2.83. The van der Waals surface area contributed by atoms with Crippen molar-refractivity contribution in [2.45, 2.75) is 18.4 Å². The Morgan fingerprint density at radius 3 is 2.46 bits per heavy atom. The van der Waals surface area contributed by atoms with Crippen LogP contribution in [0.4, 0.5) is 14.5 Å². The number of carboxylic acid groups (broad SMARTS) is 1. The Labute approximate surface area is 202 Å². The lowest BCUT2D eigenvalue weighted by Crippen LogP contribution is -2.42. The van der Waals surface area contributed by atoms with E-state index in [2.05, 4.69) is 4.98 Å². The van der Waals surface area contributed by atoms with E-state index in [9.17, 15) is 24.2 Å². The number of halogens is 3. The number of carbonyl (C=O) groups is 1. The number of piperidine rings is 1. The molecule has 0 bridgehead atoms. The molecule has 2 aromatic heterocycles. The topological polar surface area (TPSA) is 95.7 Å². The molecule has 10 heteroatoms. The number of anilines is 1. The van der Waals surface area contributed by atoms with E-state index in [1.165, 1.54) is 29.1 Å². The molecule has 2 N–H and O–H groups in total. The molecule has 0 saturated carbocycles. The highest BCUT2D eigenvalue weighted by Crippen LogP contribution is 2.40. The largest absolute Gasteiger partial charge is 0.477 e.